The van der Waals surface area contributed by atoms with Gasteiger partial charge in [0.25, 0.3) is 5.91 Å². The Balaban J connectivity index is 1.81. The van der Waals surface area contributed by atoms with Crippen LogP contribution in [0.4, 0.5) is 4.39 Å². The summed E-state index contributed by atoms with van der Waals surface area (Å²) < 4.78 is 41.1. The number of carboxylic acid groups (broad SMARTS) is 1. The van der Waals surface area contributed by atoms with Crippen molar-refractivity contribution in [2.24, 2.45) is 5.92 Å². The highest BCUT2D eigenvalue weighted by atomic mass is 32.2. The highest BCUT2D eigenvalue weighted by molar-refractivity contribution is 7.89. The third-order valence-electron chi connectivity index (χ3n) is 5.24. The van der Waals surface area contributed by atoms with E-state index in [-0.39, 0.29) is 18.7 Å². The van der Waals surface area contributed by atoms with Gasteiger partial charge in [0.1, 0.15) is 10.7 Å². The maximum absolute atomic E-state index is 14.3. The van der Waals surface area contributed by atoms with E-state index >= 15 is 0 Å². The summed E-state index contributed by atoms with van der Waals surface area (Å²) in [5, 5.41) is 9.04. The Bertz CT molecular complexity index is 828. The topological polar surface area (TPSA) is 95.0 Å². The first-order chi connectivity index (χ1) is 12.8. The van der Waals surface area contributed by atoms with Gasteiger partial charge in [-0.1, -0.05) is 6.42 Å². The summed E-state index contributed by atoms with van der Waals surface area (Å²) in [5.74, 6) is -2.63. The van der Waals surface area contributed by atoms with Crippen LogP contribution >= 0.6 is 0 Å². The number of amides is 1. The lowest BCUT2D eigenvalue weighted by Gasteiger charge is -2.30. The second-order valence-corrected chi connectivity index (χ2v) is 8.92. The second-order valence-electron chi connectivity index (χ2n) is 7.01. The number of benzene rings is 1. The van der Waals surface area contributed by atoms with Gasteiger partial charge < -0.3 is 10.0 Å². The zero-order chi connectivity index (χ0) is 19.6. The van der Waals surface area contributed by atoms with Gasteiger partial charge in [0.05, 0.1) is 5.92 Å². The molecule has 0 saturated carbocycles. The summed E-state index contributed by atoms with van der Waals surface area (Å²) in [5.41, 5.74) is 0.0979. The molecule has 7 nitrogen and oxygen atoms in total. The third kappa shape index (κ3) is 4.14. The summed E-state index contributed by atoms with van der Waals surface area (Å²) in [6.07, 6.45) is 3.11. The van der Waals surface area contributed by atoms with Gasteiger partial charge in [-0.05, 0) is 43.9 Å². The number of carbonyl (C=O) groups is 2. The number of rotatable bonds is 4. The maximum Gasteiger partial charge on any atom is 0.306 e. The Kier molecular flexibility index (Phi) is 5.81. The third-order valence-corrected chi connectivity index (χ3v) is 7.16. The monoisotopic (exact) mass is 398 g/mol. The van der Waals surface area contributed by atoms with Gasteiger partial charge in [0.2, 0.25) is 10.0 Å². The number of piperidine rings is 2. The van der Waals surface area contributed by atoms with Crippen molar-refractivity contribution >= 4 is 21.9 Å². The van der Waals surface area contributed by atoms with Gasteiger partial charge in [0.15, 0.2) is 0 Å². The molecule has 0 aliphatic carbocycles. The van der Waals surface area contributed by atoms with Crippen LogP contribution in [0.25, 0.3) is 0 Å². The highest BCUT2D eigenvalue weighted by Gasteiger charge is 2.31. The Labute approximate surface area is 157 Å². The number of hydrogen-bond acceptors (Lipinski definition) is 4. The highest BCUT2D eigenvalue weighted by Crippen LogP contribution is 2.25. The van der Waals surface area contributed by atoms with Crippen molar-refractivity contribution in [3.05, 3.63) is 29.6 Å². The molecule has 2 heterocycles. The fraction of sp³-hybridized carbons (Fsp3) is 0.556. The van der Waals surface area contributed by atoms with E-state index in [2.05, 4.69) is 0 Å². The molecule has 3 rings (SSSR count). The number of likely N-dealkylation sites (tertiary alicyclic amines) is 1. The Morgan fingerprint density at radius 1 is 1.04 bits per heavy atom. The first-order valence-electron chi connectivity index (χ1n) is 9.12. The molecule has 0 atom stereocenters. The second kappa shape index (κ2) is 7.93. The van der Waals surface area contributed by atoms with Crippen molar-refractivity contribution in [2.45, 2.75) is 37.0 Å². The zero-order valence-electron chi connectivity index (χ0n) is 14.9. The minimum absolute atomic E-state index is 0.0979. The van der Waals surface area contributed by atoms with Crippen LogP contribution in [0.3, 0.4) is 0 Å². The lowest BCUT2D eigenvalue weighted by atomic mass is 9.96. The van der Waals surface area contributed by atoms with Crippen LogP contribution < -0.4 is 0 Å². The van der Waals surface area contributed by atoms with Crippen molar-refractivity contribution in [3.8, 4) is 0 Å². The molecule has 9 heteroatoms. The molecule has 2 aliphatic rings. The molecule has 148 valence electrons. The molecule has 0 bridgehead atoms. The lowest BCUT2D eigenvalue weighted by molar-refractivity contribution is -0.143. The van der Waals surface area contributed by atoms with Crippen molar-refractivity contribution in [3.63, 3.8) is 0 Å². The maximum atomic E-state index is 14.3. The fourth-order valence-corrected chi connectivity index (χ4v) is 5.20. The Hall–Kier alpha value is -2.00. The van der Waals surface area contributed by atoms with E-state index in [4.69, 9.17) is 5.11 Å². The van der Waals surface area contributed by atoms with E-state index in [0.717, 1.165) is 31.4 Å². The van der Waals surface area contributed by atoms with Crippen LogP contribution in [-0.4, -0.2) is 60.8 Å². The van der Waals surface area contributed by atoms with E-state index in [9.17, 15) is 22.4 Å². The van der Waals surface area contributed by atoms with Crippen molar-refractivity contribution in [1.29, 1.82) is 0 Å². The smallest absolute Gasteiger partial charge is 0.306 e. The van der Waals surface area contributed by atoms with Crippen LogP contribution in [0.5, 0.6) is 0 Å². The van der Waals surface area contributed by atoms with E-state index in [1.807, 2.05) is 0 Å². The number of sulfonamides is 1. The predicted octanol–water partition coefficient (Wildman–Crippen LogP) is 1.94. The molecule has 1 N–H and O–H groups in total. The number of carbonyl (C=O) groups excluding carboxylic acids is 1. The normalized spacial score (nSPS) is 19.8. The minimum Gasteiger partial charge on any atom is -0.481 e. The van der Waals surface area contributed by atoms with E-state index < -0.39 is 38.5 Å². The Morgan fingerprint density at radius 3 is 2.26 bits per heavy atom. The van der Waals surface area contributed by atoms with Gasteiger partial charge in [-0.3, -0.25) is 9.59 Å². The van der Waals surface area contributed by atoms with Gasteiger partial charge in [0, 0.05) is 31.7 Å². The quantitative estimate of drug-likeness (QED) is 0.836. The molecular formula is C18H23FN2O5S. The summed E-state index contributed by atoms with van der Waals surface area (Å²) in [4.78, 5) is 24.7. The molecule has 0 unspecified atom stereocenters. The van der Waals surface area contributed by atoms with Gasteiger partial charge in [-0.25, -0.2) is 12.8 Å². The van der Waals surface area contributed by atoms with E-state index in [1.54, 1.807) is 0 Å². The van der Waals surface area contributed by atoms with Crippen LogP contribution in [0, 0.1) is 11.7 Å². The van der Waals surface area contributed by atoms with Gasteiger partial charge in [-0.15, -0.1) is 0 Å². The fourth-order valence-electron chi connectivity index (χ4n) is 3.59. The average molecular weight is 398 g/mol. The van der Waals surface area contributed by atoms with Gasteiger partial charge in [-0.2, -0.15) is 4.31 Å². The van der Waals surface area contributed by atoms with Crippen LogP contribution in [-0.2, 0) is 14.8 Å². The molecule has 2 saturated heterocycles. The number of halogens is 1. The largest absolute Gasteiger partial charge is 0.481 e. The van der Waals surface area contributed by atoms with Crippen LogP contribution in [0.2, 0.25) is 0 Å². The van der Waals surface area contributed by atoms with Crippen LogP contribution in [0.1, 0.15) is 42.5 Å². The van der Waals surface area contributed by atoms with Gasteiger partial charge >= 0.3 is 5.97 Å². The van der Waals surface area contributed by atoms with E-state index in [1.165, 1.54) is 15.3 Å². The zero-order valence-corrected chi connectivity index (χ0v) is 15.8. The molecule has 2 aliphatic heterocycles. The van der Waals surface area contributed by atoms with Crippen molar-refractivity contribution in [2.75, 3.05) is 26.2 Å². The number of carboxylic acids is 1. The predicted molar refractivity (Wildman–Crippen MR) is 95.3 cm³/mol. The summed E-state index contributed by atoms with van der Waals surface area (Å²) in [6, 6.07) is 3.38. The minimum atomic E-state index is -3.99. The first-order valence-corrected chi connectivity index (χ1v) is 10.6. The molecule has 1 aromatic carbocycles. The number of hydrogen-bond donors (Lipinski definition) is 1. The molecule has 1 aromatic rings. The summed E-state index contributed by atoms with van der Waals surface area (Å²) in [7, 11) is -3.99. The van der Waals surface area contributed by atoms with Crippen molar-refractivity contribution < 1.29 is 27.5 Å². The molecule has 27 heavy (non-hydrogen) atoms. The average Bonchev–Trinajstić information content (AvgIpc) is 2.68. The lowest BCUT2D eigenvalue weighted by Crippen LogP contribution is -2.40. The first kappa shape index (κ1) is 19.8. The van der Waals surface area contributed by atoms with Crippen LogP contribution in [0.15, 0.2) is 23.1 Å². The van der Waals surface area contributed by atoms with E-state index in [0.29, 0.717) is 25.9 Å². The molecule has 0 radical (unpaired) electrons. The summed E-state index contributed by atoms with van der Waals surface area (Å²) >= 11 is 0. The van der Waals surface area contributed by atoms with Crippen molar-refractivity contribution in [1.82, 2.24) is 9.21 Å². The molecule has 0 spiro atoms. The number of aliphatic carboxylic acids is 1. The Morgan fingerprint density at radius 2 is 1.67 bits per heavy atom. The standard InChI is InChI=1S/C18H23FN2O5S/c19-15-5-4-14(17(22)20-10-6-13(7-11-20)18(23)24)12-16(15)27(25,26)21-8-2-1-3-9-21/h4-5,12-13H,1-3,6-11H2,(H,23,24). The summed E-state index contributed by atoms with van der Waals surface area (Å²) in [6.45, 7) is 1.26. The molecule has 0 aromatic heterocycles. The molecular weight excluding hydrogens is 375 g/mol. The molecule has 1 amide bonds. The molecule has 2 fully saturated rings. The number of nitrogens with zero attached hydrogens (tertiary/aromatic N) is 2. The SMILES string of the molecule is O=C(O)C1CCN(C(=O)c2ccc(F)c(S(=O)(=O)N3CCCCC3)c2)CC1.